The van der Waals surface area contributed by atoms with Gasteiger partial charge in [-0.15, -0.1) is 0 Å². The van der Waals surface area contributed by atoms with Crippen LogP contribution in [-0.4, -0.2) is 4.98 Å². The highest BCUT2D eigenvalue weighted by molar-refractivity contribution is 6.31. The van der Waals surface area contributed by atoms with E-state index in [1.807, 2.05) is 18.2 Å². The van der Waals surface area contributed by atoms with Crippen LogP contribution in [-0.2, 0) is 0 Å². The molecule has 0 aliphatic rings. The Labute approximate surface area is 98.7 Å². The van der Waals surface area contributed by atoms with Crippen molar-refractivity contribution in [1.29, 1.82) is 0 Å². The number of nitrogens with zero attached hydrogens (tertiary/aromatic N) is 1. The summed E-state index contributed by atoms with van der Waals surface area (Å²) in [7, 11) is 0. The molecular weight excluding hydrogens is 218 g/mol. The molecule has 0 bridgehead atoms. The fraction of sp³-hybridized carbons (Fsp3) is 0.0714. The van der Waals surface area contributed by atoms with Gasteiger partial charge >= 0.3 is 0 Å². The molecule has 2 heteroatoms. The van der Waals surface area contributed by atoms with Crippen LogP contribution in [0.4, 0.5) is 0 Å². The van der Waals surface area contributed by atoms with Gasteiger partial charge in [-0.3, -0.25) is 0 Å². The lowest BCUT2D eigenvalue weighted by Gasteiger charge is -2.04. The van der Waals surface area contributed by atoms with Crippen molar-refractivity contribution in [2.45, 2.75) is 6.92 Å². The molecule has 0 amide bonds. The summed E-state index contributed by atoms with van der Waals surface area (Å²) in [5.74, 6) is 0. The van der Waals surface area contributed by atoms with Gasteiger partial charge in [0.2, 0.25) is 0 Å². The Hall–Kier alpha value is -1.60. The number of para-hydroxylation sites is 1. The van der Waals surface area contributed by atoms with Crippen LogP contribution in [0.1, 0.15) is 5.56 Å². The minimum atomic E-state index is 0.730. The zero-order valence-electron chi connectivity index (χ0n) is 8.87. The molecule has 1 nitrogen and oxygen atoms in total. The van der Waals surface area contributed by atoms with Crippen LogP contribution < -0.4 is 0 Å². The van der Waals surface area contributed by atoms with Gasteiger partial charge in [-0.05, 0) is 30.7 Å². The van der Waals surface area contributed by atoms with Crippen molar-refractivity contribution in [1.82, 2.24) is 4.98 Å². The van der Waals surface area contributed by atoms with Gasteiger partial charge in [0, 0.05) is 15.8 Å². The number of rotatable bonds is 0. The first-order valence-corrected chi connectivity index (χ1v) is 5.57. The molecule has 0 aliphatic heterocycles. The molecule has 0 N–H and O–H groups in total. The maximum Gasteiger partial charge on any atom is 0.0738 e. The summed E-state index contributed by atoms with van der Waals surface area (Å²) >= 11 is 5.97. The Morgan fingerprint density at radius 3 is 2.75 bits per heavy atom. The Bertz CT molecular complexity index is 689. The Morgan fingerprint density at radius 1 is 1.00 bits per heavy atom. The van der Waals surface area contributed by atoms with E-state index >= 15 is 0 Å². The lowest BCUT2D eigenvalue weighted by atomic mass is 10.1. The number of hydrogen-bond acceptors (Lipinski definition) is 1. The largest absolute Gasteiger partial charge is 0.247 e. The summed E-state index contributed by atoms with van der Waals surface area (Å²) in [4.78, 5) is 4.65. The topological polar surface area (TPSA) is 12.9 Å². The van der Waals surface area contributed by atoms with E-state index < -0.39 is 0 Å². The summed E-state index contributed by atoms with van der Waals surface area (Å²) in [6.07, 6.45) is 0. The number of aryl methyl sites for hydroxylation is 1. The molecule has 0 saturated heterocycles. The molecule has 0 fully saturated rings. The quantitative estimate of drug-likeness (QED) is 0.521. The second kappa shape index (κ2) is 3.46. The molecule has 0 aliphatic carbocycles. The average molecular weight is 228 g/mol. The molecule has 78 valence electrons. The third-order valence-electron chi connectivity index (χ3n) is 2.80. The lowest BCUT2D eigenvalue weighted by molar-refractivity contribution is 1.42. The first-order valence-electron chi connectivity index (χ1n) is 5.20. The molecular formula is C14H10ClN. The van der Waals surface area contributed by atoms with Crippen LogP contribution in [0.3, 0.4) is 0 Å². The third kappa shape index (κ3) is 1.44. The van der Waals surface area contributed by atoms with Crippen molar-refractivity contribution in [2.24, 2.45) is 0 Å². The molecule has 3 aromatic rings. The van der Waals surface area contributed by atoms with Crippen molar-refractivity contribution < 1.29 is 0 Å². The molecule has 0 unspecified atom stereocenters. The number of fused-ring (bicyclic) bond motifs is 2. The predicted molar refractivity (Wildman–Crippen MR) is 69.0 cm³/mol. The van der Waals surface area contributed by atoms with E-state index in [1.54, 1.807) is 0 Å². The highest BCUT2D eigenvalue weighted by atomic mass is 35.5. The number of halogens is 1. The summed E-state index contributed by atoms with van der Waals surface area (Å²) in [5, 5.41) is 3.03. The second-order valence-electron chi connectivity index (χ2n) is 3.97. The average Bonchev–Trinajstić information content (AvgIpc) is 2.28. The van der Waals surface area contributed by atoms with Crippen molar-refractivity contribution >= 4 is 33.4 Å². The van der Waals surface area contributed by atoms with Gasteiger partial charge in [0.25, 0.3) is 0 Å². The second-order valence-corrected chi connectivity index (χ2v) is 4.41. The van der Waals surface area contributed by atoms with Crippen molar-refractivity contribution in [3.8, 4) is 0 Å². The summed E-state index contributed by atoms with van der Waals surface area (Å²) < 4.78 is 0. The molecule has 1 heterocycles. The van der Waals surface area contributed by atoms with Crippen LogP contribution in [0, 0.1) is 6.92 Å². The van der Waals surface area contributed by atoms with E-state index in [2.05, 4.69) is 36.2 Å². The van der Waals surface area contributed by atoms with E-state index in [0.29, 0.717) is 0 Å². The molecule has 0 saturated carbocycles. The minimum absolute atomic E-state index is 0.730. The van der Waals surface area contributed by atoms with Crippen LogP contribution in [0.25, 0.3) is 21.8 Å². The first-order chi connectivity index (χ1) is 7.74. The monoisotopic (exact) mass is 227 g/mol. The minimum Gasteiger partial charge on any atom is -0.247 e. The molecule has 16 heavy (non-hydrogen) atoms. The summed E-state index contributed by atoms with van der Waals surface area (Å²) in [6, 6.07) is 14.2. The Balaban J connectivity index is 2.49. The van der Waals surface area contributed by atoms with Gasteiger partial charge in [0.05, 0.1) is 11.0 Å². The standard InChI is InChI=1S/C14H10ClN/c1-9-3-2-4-11-7-10-5-6-12(15)8-13(10)16-14(9)11/h2-8H,1H3. The van der Waals surface area contributed by atoms with E-state index in [0.717, 1.165) is 21.4 Å². The highest BCUT2D eigenvalue weighted by Crippen LogP contribution is 2.23. The van der Waals surface area contributed by atoms with Gasteiger partial charge in [-0.1, -0.05) is 35.9 Å². The number of benzene rings is 2. The Morgan fingerprint density at radius 2 is 1.88 bits per heavy atom. The maximum atomic E-state index is 5.97. The normalized spacial score (nSPS) is 11.1. The van der Waals surface area contributed by atoms with Crippen LogP contribution in [0.15, 0.2) is 42.5 Å². The van der Waals surface area contributed by atoms with Gasteiger partial charge in [0.15, 0.2) is 0 Å². The van der Waals surface area contributed by atoms with E-state index in [9.17, 15) is 0 Å². The molecule has 2 aromatic carbocycles. The van der Waals surface area contributed by atoms with Gasteiger partial charge in [-0.2, -0.15) is 0 Å². The predicted octanol–water partition coefficient (Wildman–Crippen LogP) is 4.35. The van der Waals surface area contributed by atoms with Crippen molar-refractivity contribution in [3.05, 3.63) is 53.1 Å². The number of pyridine rings is 1. The lowest BCUT2D eigenvalue weighted by Crippen LogP contribution is -1.85. The molecule has 3 rings (SSSR count). The van der Waals surface area contributed by atoms with Crippen LogP contribution >= 0.6 is 11.6 Å². The number of hydrogen-bond donors (Lipinski definition) is 0. The summed E-state index contributed by atoms with van der Waals surface area (Å²) in [6.45, 7) is 2.08. The SMILES string of the molecule is Cc1cccc2cc3ccc(Cl)cc3nc12. The zero-order chi connectivity index (χ0) is 11.1. The van der Waals surface area contributed by atoms with Gasteiger partial charge in [-0.25, -0.2) is 4.98 Å². The maximum absolute atomic E-state index is 5.97. The zero-order valence-corrected chi connectivity index (χ0v) is 9.62. The fourth-order valence-electron chi connectivity index (χ4n) is 1.97. The van der Waals surface area contributed by atoms with Gasteiger partial charge < -0.3 is 0 Å². The molecule has 0 radical (unpaired) electrons. The van der Waals surface area contributed by atoms with Crippen molar-refractivity contribution in [3.63, 3.8) is 0 Å². The smallest absolute Gasteiger partial charge is 0.0738 e. The van der Waals surface area contributed by atoms with E-state index in [1.165, 1.54) is 10.9 Å². The van der Waals surface area contributed by atoms with Crippen molar-refractivity contribution in [2.75, 3.05) is 0 Å². The van der Waals surface area contributed by atoms with E-state index in [4.69, 9.17) is 11.6 Å². The molecule has 1 aromatic heterocycles. The fourth-order valence-corrected chi connectivity index (χ4v) is 2.14. The molecule has 0 spiro atoms. The van der Waals surface area contributed by atoms with Gasteiger partial charge in [0.1, 0.15) is 0 Å². The highest BCUT2D eigenvalue weighted by Gasteiger charge is 2.02. The van der Waals surface area contributed by atoms with Crippen LogP contribution in [0.5, 0.6) is 0 Å². The number of aromatic nitrogens is 1. The Kier molecular flexibility index (Phi) is 2.08. The summed E-state index contributed by atoms with van der Waals surface area (Å²) in [5.41, 5.74) is 3.20. The van der Waals surface area contributed by atoms with Crippen LogP contribution in [0.2, 0.25) is 5.02 Å². The molecule has 0 atom stereocenters. The first kappa shape index (κ1) is 9.61. The third-order valence-corrected chi connectivity index (χ3v) is 3.04. The van der Waals surface area contributed by atoms with E-state index in [-0.39, 0.29) is 0 Å².